The number of rotatable bonds is 3. The molecular weight excluding hydrogens is 251 g/mol. The molecule has 0 bridgehead atoms. The monoisotopic (exact) mass is 266 g/mol. The molecule has 1 aliphatic rings. The summed E-state index contributed by atoms with van der Waals surface area (Å²) in [5, 5.41) is 11.1. The molecule has 1 aromatic carbocycles. The van der Waals surface area contributed by atoms with Crippen LogP contribution in [0.4, 0.5) is 14.9 Å². The van der Waals surface area contributed by atoms with Gasteiger partial charge in [-0.05, 0) is 24.6 Å². The van der Waals surface area contributed by atoms with Crippen LogP contribution in [0.25, 0.3) is 0 Å². The van der Waals surface area contributed by atoms with Gasteiger partial charge in [0, 0.05) is 19.0 Å². The van der Waals surface area contributed by atoms with E-state index in [-0.39, 0.29) is 18.0 Å². The lowest BCUT2D eigenvalue weighted by Gasteiger charge is -2.38. The highest BCUT2D eigenvalue weighted by molar-refractivity contribution is 5.90. The minimum absolute atomic E-state index is 0.00823. The number of anilines is 1. The molecule has 0 unspecified atom stereocenters. The Morgan fingerprint density at radius 3 is 2.74 bits per heavy atom. The second kappa shape index (κ2) is 5.26. The maximum atomic E-state index is 13.5. The first-order valence-corrected chi connectivity index (χ1v) is 5.99. The first kappa shape index (κ1) is 13.3. The molecule has 1 fully saturated rings. The van der Waals surface area contributed by atoms with E-state index in [2.05, 4.69) is 5.32 Å². The number of nitrogens with zero attached hydrogens (tertiary/aromatic N) is 1. The minimum Gasteiger partial charge on any atom is -0.481 e. The number of amides is 2. The van der Waals surface area contributed by atoms with Gasteiger partial charge < -0.3 is 15.3 Å². The number of urea groups is 1. The van der Waals surface area contributed by atoms with Crippen LogP contribution in [0.15, 0.2) is 18.2 Å². The fraction of sp³-hybridized carbons (Fsp3) is 0.385. The summed E-state index contributed by atoms with van der Waals surface area (Å²) in [4.78, 5) is 23.7. The van der Waals surface area contributed by atoms with Crippen molar-refractivity contribution in [3.63, 3.8) is 0 Å². The number of halogens is 1. The van der Waals surface area contributed by atoms with Crippen molar-refractivity contribution in [3.05, 3.63) is 29.6 Å². The number of nitrogens with one attached hydrogen (secondary N) is 1. The maximum Gasteiger partial charge on any atom is 0.321 e. The number of carboxylic acid groups (broad SMARTS) is 1. The van der Waals surface area contributed by atoms with Crippen LogP contribution in [0.1, 0.15) is 12.0 Å². The largest absolute Gasteiger partial charge is 0.481 e. The standard InChI is InChI=1S/C13H15FN2O3/c1-8-2-3-11(10(14)4-8)15-13(19)16-6-9(7-16)5-12(17)18/h2-4,9H,5-7H2,1H3,(H,15,19)(H,17,18). The molecule has 0 aliphatic carbocycles. The highest BCUT2D eigenvalue weighted by Crippen LogP contribution is 2.21. The Balaban J connectivity index is 1.87. The smallest absolute Gasteiger partial charge is 0.321 e. The van der Waals surface area contributed by atoms with Gasteiger partial charge >= 0.3 is 12.0 Å². The molecule has 1 aromatic rings. The predicted octanol–water partition coefficient (Wildman–Crippen LogP) is 2.07. The second-order valence-corrected chi connectivity index (χ2v) is 4.78. The summed E-state index contributed by atoms with van der Waals surface area (Å²) in [5.41, 5.74) is 0.915. The fourth-order valence-electron chi connectivity index (χ4n) is 2.03. The van der Waals surface area contributed by atoms with Crippen LogP contribution >= 0.6 is 0 Å². The first-order valence-electron chi connectivity index (χ1n) is 5.99. The van der Waals surface area contributed by atoms with Crippen LogP contribution in [0.3, 0.4) is 0 Å². The van der Waals surface area contributed by atoms with E-state index in [1.165, 1.54) is 17.0 Å². The molecular formula is C13H15FN2O3. The Labute approximate surface area is 110 Å². The van der Waals surface area contributed by atoms with E-state index in [4.69, 9.17) is 5.11 Å². The van der Waals surface area contributed by atoms with Gasteiger partial charge in [0.2, 0.25) is 0 Å². The number of carbonyl (C=O) groups excluding carboxylic acids is 1. The third kappa shape index (κ3) is 3.21. The number of hydrogen-bond acceptors (Lipinski definition) is 2. The van der Waals surface area contributed by atoms with Gasteiger partial charge in [-0.15, -0.1) is 0 Å². The Hall–Kier alpha value is -2.11. The van der Waals surface area contributed by atoms with E-state index < -0.39 is 17.8 Å². The molecule has 2 rings (SSSR count). The number of hydrogen-bond donors (Lipinski definition) is 2. The fourth-order valence-corrected chi connectivity index (χ4v) is 2.03. The lowest BCUT2D eigenvalue weighted by molar-refractivity contribution is -0.139. The van der Waals surface area contributed by atoms with Gasteiger partial charge in [-0.3, -0.25) is 4.79 Å². The quantitative estimate of drug-likeness (QED) is 0.880. The highest BCUT2D eigenvalue weighted by Gasteiger charge is 2.32. The minimum atomic E-state index is -0.866. The topological polar surface area (TPSA) is 69.6 Å². The van der Waals surface area contributed by atoms with Crippen molar-refractivity contribution in [1.29, 1.82) is 0 Å². The van der Waals surface area contributed by atoms with Crippen molar-refractivity contribution >= 4 is 17.7 Å². The van der Waals surface area contributed by atoms with Crippen LogP contribution in [0, 0.1) is 18.7 Å². The van der Waals surface area contributed by atoms with Gasteiger partial charge in [-0.2, -0.15) is 0 Å². The molecule has 2 N–H and O–H groups in total. The van der Waals surface area contributed by atoms with Crippen molar-refractivity contribution in [2.45, 2.75) is 13.3 Å². The number of aryl methyl sites for hydroxylation is 1. The molecule has 0 saturated carbocycles. The van der Waals surface area contributed by atoms with E-state index >= 15 is 0 Å². The molecule has 1 saturated heterocycles. The van der Waals surface area contributed by atoms with Crippen LogP contribution in [-0.2, 0) is 4.79 Å². The van der Waals surface area contributed by atoms with Crippen LogP contribution in [0.5, 0.6) is 0 Å². The lowest BCUT2D eigenvalue weighted by atomic mass is 9.97. The molecule has 5 nitrogen and oxygen atoms in total. The van der Waals surface area contributed by atoms with Crippen molar-refractivity contribution in [3.8, 4) is 0 Å². The van der Waals surface area contributed by atoms with Crippen molar-refractivity contribution in [1.82, 2.24) is 4.90 Å². The van der Waals surface area contributed by atoms with Crippen LogP contribution in [-0.4, -0.2) is 35.1 Å². The molecule has 19 heavy (non-hydrogen) atoms. The number of aliphatic carboxylic acids is 1. The van der Waals surface area contributed by atoms with Gasteiger partial charge in [-0.1, -0.05) is 6.07 Å². The molecule has 1 heterocycles. The van der Waals surface area contributed by atoms with Gasteiger partial charge in [-0.25, -0.2) is 9.18 Å². The molecule has 0 radical (unpaired) electrons. The van der Waals surface area contributed by atoms with Crippen molar-refractivity contribution in [2.24, 2.45) is 5.92 Å². The number of benzene rings is 1. The third-order valence-electron chi connectivity index (χ3n) is 3.07. The van der Waals surface area contributed by atoms with E-state index in [0.29, 0.717) is 13.1 Å². The zero-order valence-corrected chi connectivity index (χ0v) is 10.5. The van der Waals surface area contributed by atoms with E-state index in [9.17, 15) is 14.0 Å². The van der Waals surface area contributed by atoms with E-state index in [1.807, 2.05) is 0 Å². The summed E-state index contributed by atoms with van der Waals surface area (Å²) in [5.74, 6) is -1.35. The van der Waals surface area contributed by atoms with E-state index in [1.54, 1.807) is 13.0 Å². The third-order valence-corrected chi connectivity index (χ3v) is 3.07. The van der Waals surface area contributed by atoms with Gasteiger partial charge in [0.15, 0.2) is 0 Å². The molecule has 0 aromatic heterocycles. The Morgan fingerprint density at radius 1 is 1.47 bits per heavy atom. The normalized spacial score (nSPS) is 14.9. The van der Waals surface area contributed by atoms with Gasteiger partial charge in [0.1, 0.15) is 5.82 Å². The maximum absolute atomic E-state index is 13.5. The van der Waals surface area contributed by atoms with Crippen LogP contribution in [0.2, 0.25) is 0 Å². The zero-order valence-electron chi connectivity index (χ0n) is 10.5. The van der Waals surface area contributed by atoms with Crippen molar-refractivity contribution < 1.29 is 19.1 Å². The molecule has 0 atom stereocenters. The number of likely N-dealkylation sites (tertiary alicyclic amines) is 1. The van der Waals surface area contributed by atoms with Gasteiger partial charge in [0.05, 0.1) is 12.1 Å². The Bertz CT molecular complexity index is 513. The van der Waals surface area contributed by atoms with Crippen LogP contribution < -0.4 is 5.32 Å². The van der Waals surface area contributed by atoms with E-state index in [0.717, 1.165) is 5.56 Å². The molecule has 2 amide bonds. The Morgan fingerprint density at radius 2 is 2.16 bits per heavy atom. The average molecular weight is 266 g/mol. The molecule has 1 aliphatic heterocycles. The summed E-state index contributed by atoms with van der Waals surface area (Å²) >= 11 is 0. The molecule has 102 valence electrons. The summed E-state index contributed by atoms with van der Waals surface area (Å²) in [7, 11) is 0. The zero-order chi connectivity index (χ0) is 14.0. The summed E-state index contributed by atoms with van der Waals surface area (Å²) in [6, 6.07) is 4.17. The summed E-state index contributed by atoms with van der Waals surface area (Å²) in [6.07, 6.45) is 0.0582. The van der Waals surface area contributed by atoms with Gasteiger partial charge in [0.25, 0.3) is 0 Å². The highest BCUT2D eigenvalue weighted by atomic mass is 19.1. The average Bonchev–Trinajstić information content (AvgIpc) is 2.26. The lowest BCUT2D eigenvalue weighted by Crippen LogP contribution is -2.52. The SMILES string of the molecule is Cc1ccc(NC(=O)N2CC(CC(=O)O)C2)c(F)c1. The first-order chi connectivity index (χ1) is 8.95. The number of carbonyl (C=O) groups is 2. The summed E-state index contributed by atoms with van der Waals surface area (Å²) < 4.78 is 13.5. The second-order valence-electron chi connectivity index (χ2n) is 4.78. The van der Waals surface area contributed by atoms with Crippen molar-refractivity contribution in [2.75, 3.05) is 18.4 Å². The number of carboxylic acids is 1. The molecule has 6 heteroatoms. The predicted molar refractivity (Wildman–Crippen MR) is 67.5 cm³/mol. The Kier molecular flexibility index (Phi) is 3.69. The molecule has 0 spiro atoms. The summed E-state index contributed by atoms with van der Waals surface area (Å²) in [6.45, 7) is 2.55.